The van der Waals surface area contributed by atoms with Gasteiger partial charge in [0, 0.05) is 17.3 Å². The molecule has 0 spiro atoms. The van der Waals surface area contributed by atoms with Crippen LogP contribution in [0.2, 0.25) is 0 Å². The van der Waals surface area contributed by atoms with Gasteiger partial charge in [-0.15, -0.1) is 0 Å². The molecule has 0 bridgehead atoms. The monoisotopic (exact) mass is 538 g/mol. The second kappa shape index (κ2) is 10.6. The van der Waals surface area contributed by atoms with Crippen LogP contribution in [0.3, 0.4) is 0 Å². The summed E-state index contributed by atoms with van der Waals surface area (Å²) in [7, 11) is 0. The molecule has 0 aromatic carbocycles. The Balaban J connectivity index is 1.51. The van der Waals surface area contributed by atoms with Gasteiger partial charge in [-0.25, -0.2) is 0 Å². The van der Waals surface area contributed by atoms with E-state index in [1.807, 2.05) is 13.8 Å². The number of unbranched alkanes of at least 4 members (excludes halogenated alkanes) is 1. The number of fused-ring (bicyclic) bond motifs is 1. The van der Waals surface area contributed by atoms with Crippen molar-refractivity contribution in [3.05, 3.63) is 47.8 Å². The predicted molar refractivity (Wildman–Crippen MR) is 140 cm³/mol. The zero-order valence-electron chi connectivity index (χ0n) is 20.5. The van der Waals surface area contributed by atoms with Crippen LogP contribution in [0.4, 0.5) is 0 Å². The van der Waals surface area contributed by atoms with E-state index in [-0.39, 0.29) is 0 Å². The molecular weight excluding hydrogens is 495 g/mol. The molecule has 1 saturated carbocycles. The number of ether oxygens (including phenoxy) is 2. The van der Waals surface area contributed by atoms with Gasteiger partial charge in [0.15, 0.2) is 0 Å². The van der Waals surface area contributed by atoms with Crippen LogP contribution in [0.1, 0.15) is 80.1 Å². The molecule has 3 rings (SSSR count). The van der Waals surface area contributed by atoms with Crippen molar-refractivity contribution in [1.29, 1.82) is 0 Å². The largest absolute Gasteiger partial charge is 0.463 e. The summed E-state index contributed by atoms with van der Waals surface area (Å²) >= 11 is 2.66. The van der Waals surface area contributed by atoms with Crippen LogP contribution in [-0.2, 0) is 9.47 Å². The Morgan fingerprint density at radius 1 is 1.16 bits per heavy atom. The fourth-order valence-electron chi connectivity index (χ4n) is 5.73. The molecule has 0 heterocycles. The number of hydrogen-bond donors (Lipinski definition) is 0. The zero-order chi connectivity index (χ0) is 22.6. The number of hydrogen-bond acceptors (Lipinski definition) is 2. The fourth-order valence-corrected chi connectivity index (χ4v) is 6.40. The lowest BCUT2D eigenvalue weighted by Gasteiger charge is -2.36. The Morgan fingerprint density at radius 2 is 1.94 bits per heavy atom. The van der Waals surface area contributed by atoms with Crippen LogP contribution in [0.25, 0.3) is 0 Å². The van der Waals surface area contributed by atoms with Crippen molar-refractivity contribution >= 4 is 22.6 Å². The van der Waals surface area contributed by atoms with Crippen molar-refractivity contribution in [3.63, 3.8) is 0 Å². The summed E-state index contributed by atoms with van der Waals surface area (Å²) in [5.74, 6) is 3.74. The van der Waals surface area contributed by atoms with Gasteiger partial charge in [0.1, 0.15) is 5.76 Å². The molecular formula is C28H43IO2. The van der Waals surface area contributed by atoms with E-state index in [0.29, 0.717) is 27.1 Å². The lowest BCUT2D eigenvalue weighted by Crippen LogP contribution is -2.33. The third-order valence-electron chi connectivity index (χ3n) is 7.25. The van der Waals surface area contributed by atoms with Gasteiger partial charge in [0.2, 0.25) is 5.79 Å². The number of allylic oxidation sites excluding steroid dienone is 7. The first-order chi connectivity index (χ1) is 14.6. The van der Waals surface area contributed by atoms with E-state index in [9.17, 15) is 0 Å². The summed E-state index contributed by atoms with van der Waals surface area (Å²) in [6.45, 7) is 14.4. The normalized spacial score (nSPS) is 28.5. The third kappa shape index (κ3) is 6.96. The van der Waals surface area contributed by atoms with Crippen molar-refractivity contribution in [2.75, 3.05) is 6.61 Å². The van der Waals surface area contributed by atoms with E-state index in [0.717, 1.165) is 24.7 Å². The van der Waals surface area contributed by atoms with Gasteiger partial charge < -0.3 is 9.47 Å². The highest BCUT2D eigenvalue weighted by Crippen LogP contribution is 2.54. The number of alkyl halides is 1. The van der Waals surface area contributed by atoms with E-state index >= 15 is 0 Å². The lowest BCUT2D eigenvalue weighted by molar-refractivity contribution is -0.188. The van der Waals surface area contributed by atoms with Gasteiger partial charge in [-0.05, 0) is 80.3 Å². The Hall–Kier alpha value is -0.550. The lowest BCUT2D eigenvalue weighted by atomic mass is 9.75. The summed E-state index contributed by atoms with van der Waals surface area (Å²) in [4.78, 5) is 0. The maximum absolute atomic E-state index is 6.36. The first-order valence-electron chi connectivity index (χ1n) is 12.3. The van der Waals surface area contributed by atoms with Crippen LogP contribution in [-0.4, -0.2) is 15.8 Å². The topological polar surface area (TPSA) is 18.5 Å². The second-order valence-electron chi connectivity index (χ2n) is 11.0. The van der Waals surface area contributed by atoms with Crippen LogP contribution in [0.15, 0.2) is 47.8 Å². The maximum atomic E-state index is 6.36. The average Bonchev–Trinajstić information content (AvgIpc) is 3.07. The van der Waals surface area contributed by atoms with Crippen LogP contribution in [0, 0.1) is 29.6 Å². The average molecular weight is 539 g/mol. The van der Waals surface area contributed by atoms with Gasteiger partial charge in [-0.2, -0.15) is 0 Å². The fraction of sp³-hybridized carbons (Fsp3) is 0.714. The number of halogens is 1. The Labute approximate surface area is 204 Å². The minimum absolute atomic E-state index is 0.319. The summed E-state index contributed by atoms with van der Waals surface area (Å²) in [5, 5.41) is 0. The third-order valence-corrected chi connectivity index (χ3v) is 8.05. The van der Waals surface area contributed by atoms with E-state index in [2.05, 4.69) is 86.7 Å². The summed E-state index contributed by atoms with van der Waals surface area (Å²) in [6.07, 6.45) is 20.9. The molecule has 3 heteroatoms. The SMILES string of the molecule is CC(C)C1C2C=C(OC(C)(C)OCCCCC3=CC=CCC3)C=C[C@H]2CC1C(C)(C)I. The van der Waals surface area contributed by atoms with Gasteiger partial charge in [-0.1, -0.05) is 80.2 Å². The zero-order valence-corrected chi connectivity index (χ0v) is 22.7. The molecule has 3 unspecified atom stereocenters. The first kappa shape index (κ1) is 25.1. The van der Waals surface area contributed by atoms with Crippen molar-refractivity contribution in [3.8, 4) is 0 Å². The Morgan fingerprint density at radius 3 is 2.58 bits per heavy atom. The van der Waals surface area contributed by atoms with Gasteiger partial charge in [0.05, 0.1) is 6.61 Å². The summed E-state index contributed by atoms with van der Waals surface area (Å²) < 4.78 is 12.8. The van der Waals surface area contributed by atoms with E-state index in [4.69, 9.17) is 9.47 Å². The minimum Gasteiger partial charge on any atom is -0.463 e. The molecule has 2 nitrogen and oxygen atoms in total. The van der Waals surface area contributed by atoms with E-state index in [1.165, 1.54) is 32.1 Å². The molecule has 3 aliphatic rings. The van der Waals surface area contributed by atoms with E-state index < -0.39 is 5.79 Å². The molecule has 0 amide bonds. The van der Waals surface area contributed by atoms with Crippen molar-refractivity contribution < 1.29 is 9.47 Å². The number of rotatable bonds is 10. The molecule has 4 atom stereocenters. The maximum Gasteiger partial charge on any atom is 0.204 e. The van der Waals surface area contributed by atoms with Gasteiger partial charge in [-0.3, -0.25) is 0 Å². The minimum atomic E-state index is -0.594. The molecule has 0 saturated heterocycles. The van der Waals surface area contributed by atoms with Gasteiger partial charge >= 0.3 is 0 Å². The summed E-state index contributed by atoms with van der Waals surface area (Å²) in [6, 6.07) is 0. The smallest absolute Gasteiger partial charge is 0.204 e. The highest BCUT2D eigenvalue weighted by molar-refractivity contribution is 14.1. The first-order valence-corrected chi connectivity index (χ1v) is 13.4. The summed E-state index contributed by atoms with van der Waals surface area (Å²) in [5.41, 5.74) is 1.58. The molecule has 3 aliphatic carbocycles. The molecule has 0 radical (unpaired) electrons. The van der Waals surface area contributed by atoms with Crippen LogP contribution >= 0.6 is 22.6 Å². The van der Waals surface area contributed by atoms with E-state index in [1.54, 1.807) is 5.57 Å². The molecule has 0 N–H and O–H groups in total. The van der Waals surface area contributed by atoms with Crippen LogP contribution < -0.4 is 0 Å². The standard InChI is InChI=1S/C28H43IO2/c1-20(2)26-24-19-23(16-15-22(24)18-25(26)27(3,4)29)31-28(5,6)30-17-11-10-14-21-12-8-7-9-13-21/h7-8,12,15-16,19-20,22,24-26H,9-11,13-14,17-18H2,1-6H3/t22-,24?,25?,26?/m0/s1. The highest BCUT2D eigenvalue weighted by atomic mass is 127. The Kier molecular flexibility index (Phi) is 8.57. The van der Waals surface area contributed by atoms with Crippen LogP contribution in [0.5, 0.6) is 0 Å². The predicted octanol–water partition coefficient (Wildman–Crippen LogP) is 8.39. The molecule has 0 aliphatic heterocycles. The molecule has 1 fully saturated rings. The van der Waals surface area contributed by atoms with Crippen molar-refractivity contribution in [2.45, 2.75) is 89.3 Å². The van der Waals surface area contributed by atoms with Crippen molar-refractivity contribution in [2.24, 2.45) is 29.6 Å². The molecule has 0 aromatic rings. The second-order valence-corrected chi connectivity index (χ2v) is 13.8. The Bertz CT molecular complexity index is 720. The quantitative estimate of drug-likeness (QED) is 0.120. The molecule has 31 heavy (non-hydrogen) atoms. The van der Waals surface area contributed by atoms with Gasteiger partial charge in [0.25, 0.3) is 0 Å². The molecule has 174 valence electrons. The highest BCUT2D eigenvalue weighted by Gasteiger charge is 2.48. The molecule has 0 aromatic heterocycles. The van der Waals surface area contributed by atoms with Crippen molar-refractivity contribution in [1.82, 2.24) is 0 Å².